The number of aromatic nitrogens is 2. The molecule has 3 N–H and O–H groups in total. The van der Waals surface area contributed by atoms with Crippen LogP contribution < -0.4 is 26.8 Å². The Morgan fingerprint density at radius 1 is 1.25 bits per heavy atom. The lowest BCUT2D eigenvalue weighted by molar-refractivity contribution is 0.145. The van der Waals surface area contributed by atoms with Gasteiger partial charge >= 0.3 is 5.69 Å². The molecule has 0 amide bonds. The normalized spacial score (nSPS) is 20.4. The lowest BCUT2D eigenvalue weighted by Gasteiger charge is -2.43. The Morgan fingerprint density at radius 2 is 2.03 bits per heavy atom. The van der Waals surface area contributed by atoms with Gasteiger partial charge in [-0.15, -0.1) is 5.92 Å². The summed E-state index contributed by atoms with van der Waals surface area (Å²) in [6, 6.07) is 9.66. The van der Waals surface area contributed by atoms with E-state index in [1.165, 1.54) is 4.57 Å². The van der Waals surface area contributed by atoms with Gasteiger partial charge in [0.15, 0.2) is 6.29 Å². The monoisotopic (exact) mass is 433 g/mol. The molecular formula is C23H27N7O2. The highest BCUT2D eigenvalue weighted by Gasteiger charge is 2.44. The average Bonchev–Trinajstić information content (AvgIpc) is 3.10. The molecule has 2 aliphatic rings. The number of piperidine rings is 1. The third-order valence-electron chi connectivity index (χ3n) is 6.11. The first-order valence-electron chi connectivity index (χ1n) is 10.7. The molecule has 2 aromatic rings. The molecule has 0 spiro atoms. The molecule has 9 heteroatoms. The van der Waals surface area contributed by atoms with Crippen molar-refractivity contribution in [2.45, 2.75) is 38.6 Å². The minimum absolute atomic E-state index is 0.0296. The summed E-state index contributed by atoms with van der Waals surface area (Å²) < 4.78 is 1.46. The van der Waals surface area contributed by atoms with Gasteiger partial charge in [0.2, 0.25) is 0 Å². The van der Waals surface area contributed by atoms with Gasteiger partial charge in [0, 0.05) is 32.7 Å². The predicted octanol–water partition coefficient (Wildman–Crippen LogP) is 0.502. The van der Waals surface area contributed by atoms with Crippen LogP contribution in [0, 0.1) is 23.2 Å². The van der Waals surface area contributed by atoms with Crippen LogP contribution in [0.15, 0.2) is 33.9 Å². The molecule has 0 bridgehead atoms. The Morgan fingerprint density at radius 3 is 2.75 bits per heavy atom. The van der Waals surface area contributed by atoms with Crippen molar-refractivity contribution in [2.75, 3.05) is 29.4 Å². The molecule has 0 radical (unpaired) electrons. The average molecular weight is 434 g/mol. The summed E-state index contributed by atoms with van der Waals surface area (Å²) in [6.45, 7) is 3.92. The first-order chi connectivity index (χ1) is 15.5. The van der Waals surface area contributed by atoms with Gasteiger partial charge in [0.05, 0.1) is 18.2 Å². The maximum Gasteiger partial charge on any atom is 0.329 e. The Balaban J connectivity index is 1.90. The summed E-state index contributed by atoms with van der Waals surface area (Å²) in [7, 11) is 1.65. The molecule has 0 saturated carbocycles. The topological polar surface area (TPSA) is 114 Å². The Bertz CT molecular complexity index is 1230. The van der Waals surface area contributed by atoms with Crippen LogP contribution in [0.3, 0.4) is 0 Å². The number of benzene rings is 1. The smallest absolute Gasteiger partial charge is 0.327 e. The summed E-state index contributed by atoms with van der Waals surface area (Å²) in [5.74, 6) is 6.51. The summed E-state index contributed by atoms with van der Waals surface area (Å²) >= 11 is 0. The van der Waals surface area contributed by atoms with Gasteiger partial charge in [-0.1, -0.05) is 24.1 Å². The Kier molecular flexibility index (Phi) is 6.04. The standard InChI is InChI=1S/C23H27N7O2/c1-3-4-12-29-19-20(31)26-22(32)27(2)21(19)30(14-17-9-6-5-8-16(17)13-24)23(29)28-11-7-10-18(25)15-28/h5-6,8-9,18,23H,7,10-12,14-15,25H2,1-2H3,(H,26,31,32)/t18-,23?/m1/s1. The maximum absolute atomic E-state index is 13.0. The number of rotatable bonds is 4. The quantitative estimate of drug-likeness (QED) is 0.675. The molecule has 1 aromatic heterocycles. The van der Waals surface area contributed by atoms with Crippen LogP contribution in [0.1, 0.15) is 30.9 Å². The summed E-state index contributed by atoms with van der Waals surface area (Å²) in [5.41, 5.74) is 7.17. The predicted molar refractivity (Wildman–Crippen MR) is 123 cm³/mol. The van der Waals surface area contributed by atoms with Gasteiger partial charge in [-0.3, -0.25) is 19.2 Å². The molecule has 1 unspecified atom stereocenters. The second kappa shape index (κ2) is 8.91. The first kappa shape index (κ1) is 21.7. The number of anilines is 2. The SMILES string of the molecule is CC#CCN1c2c(n(C)c(=O)[nH]c2=O)N(Cc2ccccc2C#N)C1N1CCC[C@@H](N)C1. The number of nitrogens with one attached hydrogen (secondary N) is 1. The summed E-state index contributed by atoms with van der Waals surface area (Å²) in [4.78, 5) is 34.1. The molecule has 32 heavy (non-hydrogen) atoms. The number of nitriles is 1. The van der Waals surface area contributed by atoms with Crippen molar-refractivity contribution in [1.29, 1.82) is 5.26 Å². The summed E-state index contributed by atoms with van der Waals surface area (Å²) in [5, 5.41) is 9.61. The van der Waals surface area contributed by atoms with E-state index in [-0.39, 0.29) is 12.3 Å². The van der Waals surface area contributed by atoms with Crippen LogP contribution in [0.4, 0.5) is 11.5 Å². The zero-order valence-corrected chi connectivity index (χ0v) is 18.3. The number of fused-ring (bicyclic) bond motifs is 1. The number of nitrogens with two attached hydrogens (primary N) is 1. The molecule has 1 saturated heterocycles. The second-order valence-corrected chi connectivity index (χ2v) is 8.19. The first-order valence-corrected chi connectivity index (χ1v) is 10.7. The zero-order chi connectivity index (χ0) is 22.8. The lowest BCUT2D eigenvalue weighted by atomic mass is 10.1. The van der Waals surface area contributed by atoms with Crippen molar-refractivity contribution in [3.05, 3.63) is 56.2 Å². The van der Waals surface area contributed by atoms with E-state index in [0.29, 0.717) is 36.7 Å². The van der Waals surface area contributed by atoms with Crippen LogP contribution >= 0.6 is 0 Å². The number of H-pyrrole nitrogens is 1. The van der Waals surface area contributed by atoms with Gasteiger partial charge in [-0.2, -0.15) is 5.26 Å². The van der Waals surface area contributed by atoms with E-state index in [1.54, 1.807) is 20.0 Å². The highest BCUT2D eigenvalue weighted by molar-refractivity contribution is 5.74. The van der Waals surface area contributed by atoms with Crippen molar-refractivity contribution in [3.63, 3.8) is 0 Å². The molecule has 4 rings (SSSR count). The molecule has 1 fully saturated rings. The van der Waals surface area contributed by atoms with E-state index in [0.717, 1.165) is 24.9 Å². The number of likely N-dealkylation sites (tertiary alicyclic amines) is 1. The molecule has 2 atom stereocenters. The number of nitrogens with zero attached hydrogens (tertiary/aromatic N) is 5. The lowest BCUT2D eigenvalue weighted by Crippen LogP contribution is -2.59. The van der Waals surface area contributed by atoms with Crippen LogP contribution in [-0.2, 0) is 13.6 Å². The van der Waals surface area contributed by atoms with E-state index in [4.69, 9.17) is 5.73 Å². The fourth-order valence-electron chi connectivity index (χ4n) is 4.65. The Labute approximate surface area is 186 Å². The third-order valence-corrected chi connectivity index (χ3v) is 6.11. The highest BCUT2D eigenvalue weighted by atomic mass is 16.2. The van der Waals surface area contributed by atoms with Crippen LogP contribution in [-0.4, -0.2) is 46.4 Å². The van der Waals surface area contributed by atoms with Crippen molar-refractivity contribution in [2.24, 2.45) is 12.8 Å². The molecule has 2 aliphatic heterocycles. The molecule has 0 aliphatic carbocycles. The van der Waals surface area contributed by atoms with E-state index in [9.17, 15) is 14.9 Å². The van der Waals surface area contributed by atoms with Crippen LogP contribution in [0.5, 0.6) is 0 Å². The molecule has 166 valence electrons. The van der Waals surface area contributed by atoms with Crippen molar-refractivity contribution >= 4 is 11.5 Å². The largest absolute Gasteiger partial charge is 0.329 e. The number of hydrogen-bond acceptors (Lipinski definition) is 7. The van der Waals surface area contributed by atoms with Crippen LogP contribution in [0.2, 0.25) is 0 Å². The zero-order valence-electron chi connectivity index (χ0n) is 18.3. The van der Waals surface area contributed by atoms with E-state index >= 15 is 0 Å². The van der Waals surface area contributed by atoms with Crippen molar-refractivity contribution in [1.82, 2.24) is 14.5 Å². The van der Waals surface area contributed by atoms with Gasteiger partial charge in [-0.05, 0) is 31.4 Å². The number of hydrogen-bond donors (Lipinski definition) is 2. The Hall–Kier alpha value is -3.53. The third kappa shape index (κ3) is 3.77. The van der Waals surface area contributed by atoms with Crippen molar-refractivity contribution in [3.8, 4) is 17.9 Å². The van der Waals surface area contributed by atoms with E-state index in [2.05, 4.69) is 27.8 Å². The van der Waals surface area contributed by atoms with Gasteiger partial charge in [-0.25, -0.2) is 4.79 Å². The van der Waals surface area contributed by atoms with Gasteiger partial charge in [0.25, 0.3) is 5.56 Å². The van der Waals surface area contributed by atoms with Crippen LogP contribution in [0.25, 0.3) is 0 Å². The molecule has 1 aromatic carbocycles. The summed E-state index contributed by atoms with van der Waals surface area (Å²) in [6.07, 6.45) is 1.54. The van der Waals surface area contributed by atoms with E-state index < -0.39 is 11.2 Å². The highest BCUT2D eigenvalue weighted by Crippen LogP contribution is 2.38. The molecule has 9 nitrogen and oxygen atoms in total. The van der Waals surface area contributed by atoms with Gasteiger partial charge in [0.1, 0.15) is 11.5 Å². The van der Waals surface area contributed by atoms with Gasteiger partial charge < -0.3 is 15.5 Å². The minimum Gasteiger partial charge on any atom is -0.327 e. The second-order valence-electron chi connectivity index (χ2n) is 8.19. The molecule has 3 heterocycles. The molecular weight excluding hydrogens is 406 g/mol. The fraction of sp³-hybridized carbons (Fsp3) is 0.435. The maximum atomic E-state index is 13.0. The van der Waals surface area contributed by atoms with Crippen molar-refractivity contribution < 1.29 is 0 Å². The minimum atomic E-state index is -0.482. The van der Waals surface area contributed by atoms with E-state index in [1.807, 2.05) is 28.0 Å². The number of aromatic amines is 1. The fourth-order valence-corrected chi connectivity index (χ4v) is 4.65.